The van der Waals surface area contributed by atoms with Crippen LogP contribution in [0.25, 0.3) is 0 Å². The van der Waals surface area contributed by atoms with Crippen LogP contribution in [-0.4, -0.2) is 30.0 Å². The molecule has 0 fully saturated rings. The second-order valence-corrected chi connectivity index (χ2v) is 6.88. The molecule has 0 aliphatic rings. The van der Waals surface area contributed by atoms with E-state index in [9.17, 15) is 9.90 Å². The van der Waals surface area contributed by atoms with E-state index < -0.39 is 11.7 Å². The van der Waals surface area contributed by atoms with Gasteiger partial charge in [0, 0.05) is 23.3 Å². The largest absolute Gasteiger partial charge is 0.444 e. The summed E-state index contributed by atoms with van der Waals surface area (Å²) in [5.41, 5.74) is 0.877. The van der Waals surface area contributed by atoms with Gasteiger partial charge in [0.25, 0.3) is 0 Å². The van der Waals surface area contributed by atoms with Crippen molar-refractivity contribution in [2.24, 2.45) is 5.41 Å². The van der Waals surface area contributed by atoms with Crippen molar-refractivity contribution in [3.05, 3.63) is 24.3 Å². The van der Waals surface area contributed by atoms with E-state index in [-0.39, 0.29) is 12.0 Å². The lowest BCUT2D eigenvalue weighted by Gasteiger charge is -2.26. The second-order valence-electron chi connectivity index (χ2n) is 6.88. The molecule has 22 heavy (non-hydrogen) atoms. The van der Waals surface area contributed by atoms with Gasteiger partial charge in [-0.2, -0.15) is 0 Å². The Bertz CT molecular complexity index is 491. The van der Waals surface area contributed by atoms with Crippen LogP contribution in [0.4, 0.5) is 16.2 Å². The maximum absolute atomic E-state index is 11.8. The molecule has 0 radical (unpaired) electrons. The van der Waals surface area contributed by atoms with Crippen molar-refractivity contribution in [2.45, 2.75) is 46.6 Å². The van der Waals surface area contributed by atoms with E-state index in [1.54, 1.807) is 6.07 Å². The fraction of sp³-hybridized carbons (Fsp3) is 0.588. The highest BCUT2D eigenvalue weighted by Crippen LogP contribution is 2.22. The number of amides is 1. The van der Waals surface area contributed by atoms with Gasteiger partial charge in [0.15, 0.2) is 0 Å². The van der Waals surface area contributed by atoms with E-state index in [0.29, 0.717) is 12.2 Å². The normalized spacial score (nSPS) is 14.1. The molecule has 0 aromatic heterocycles. The smallest absolute Gasteiger partial charge is 0.412 e. The first-order chi connectivity index (χ1) is 10.2. The van der Waals surface area contributed by atoms with Crippen LogP contribution in [0.5, 0.6) is 0 Å². The monoisotopic (exact) mass is 308 g/mol. The molecule has 1 unspecified atom stereocenters. The second kappa shape index (κ2) is 7.49. The lowest BCUT2D eigenvalue weighted by molar-refractivity contribution is 0.0636. The summed E-state index contributed by atoms with van der Waals surface area (Å²) >= 11 is 0. The number of ether oxygens (including phenoxy) is 1. The van der Waals surface area contributed by atoms with Gasteiger partial charge in [0.2, 0.25) is 0 Å². The third-order valence-electron chi connectivity index (χ3n) is 3.46. The first kappa shape index (κ1) is 18.3. The van der Waals surface area contributed by atoms with Gasteiger partial charge in [-0.1, -0.05) is 19.9 Å². The number of carbonyl (C=O) groups excluding carboxylic acids is 1. The van der Waals surface area contributed by atoms with E-state index >= 15 is 0 Å². The number of aliphatic hydroxyl groups excluding tert-OH is 1. The van der Waals surface area contributed by atoms with E-state index in [4.69, 9.17) is 4.74 Å². The van der Waals surface area contributed by atoms with Crippen LogP contribution in [0, 0.1) is 5.41 Å². The zero-order chi connectivity index (χ0) is 16.8. The number of carbonyl (C=O) groups is 1. The number of hydrogen-bond donors (Lipinski definition) is 3. The predicted molar refractivity (Wildman–Crippen MR) is 90.3 cm³/mol. The molecular formula is C17H28N2O3. The van der Waals surface area contributed by atoms with Gasteiger partial charge in [-0.3, -0.25) is 5.32 Å². The van der Waals surface area contributed by atoms with Gasteiger partial charge in [-0.25, -0.2) is 4.79 Å². The third kappa shape index (κ3) is 6.35. The van der Waals surface area contributed by atoms with Crippen molar-refractivity contribution in [3.63, 3.8) is 0 Å². The third-order valence-corrected chi connectivity index (χ3v) is 3.46. The number of rotatable bonds is 6. The average Bonchev–Trinajstić information content (AvgIpc) is 2.43. The Labute approximate surface area is 133 Å². The molecule has 0 spiro atoms. The van der Waals surface area contributed by atoms with Crippen molar-refractivity contribution >= 4 is 17.5 Å². The van der Waals surface area contributed by atoms with Gasteiger partial charge in [0.1, 0.15) is 5.60 Å². The van der Waals surface area contributed by atoms with Gasteiger partial charge >= 0.3 is 6.09 Å². The molecule has 124 valence electrons. The standard InChI is InChI=1S/C17H28N2O3/c1-6-17(5,12-20)11-18-13-8-7-9-14(10-13)19-15(21)22-16(2,3)4/h7-10,18,20H,6,11-12H2,1-5H3,(H,19,21). The van der Waals surface area contributed by atoms with Crippen molar-refractivity contribution in [3.8, 4) is 0 Å². The molecule has 1 aromatic carbocycles. The Kier molecular flexibility index (Phi) is 6.23. The van der Waals surface area contributed by atoms with Crippen molar-refractivity contribution in [2.75, 3.05) is 23.8 Å². The Morgan fingerprint density at radius 1 is 1.23 bits per heavy atom. The molecule has 0 aliphatic heterocycles. The maximum Gasteiger partial charge on any atom is 0.412 e. The summed E-state index contributed by atoms with van der Waals surface area (Å²) in [6, 6.07) is 7.43. The number of benzene rings is 1. The first-order valence-electron chi connectivity index (χ1n) is 7.62. The van der Waals surface area contributed by atoms with Gasteiger partial charge < -0.3 is 15.2 Å². The molecule has 1 amide bonds. The molecule has 0 saturated carbocycles. The summed E-state index contributed by atoms with van der Waals surface area (Å²) in [4.78, 5) is 11.8. The molecule has 0 bridgehead atoms. The zero-order valence-electron chi connectivity index (χ0n) is 14.2. The highest BCUT2D eigenvalue weighted by atomic mass is 16.6. The summed E-state index contributed by atoms with van der Waals surface area (Å²) < 4.78 is 5.23. The van der Waals surface area contributed by atoms with Crippen LogP contribution >= 0.6 is 0 Å². The highest BCUT2D eigenvalue weighted by molar-refractivity contribution is 5.85. The van der Waals surface area contributed by atoms with Crippen LogP contribution in [-0.2, 0) is 4.74 Å². The number of aliphatic hydroxyl groups is 1. The van der Waals surface area contributed by atoms with Crippen molar-refractivity contribution in [1.82, 2.24) is 0 Å². The molecular weight excluding hydrogens is 280 g/mol. The highest BCUT2D eigenvalue weighted by Gasteiger charge is 2.20. The first-order valence-corrected chi connectivity index (χ1v) is 7.62. The lowest BCUT2D eigenvalue weighted by atomic mass is 9.88. The molecule has 1 rings (SSSR count). The quantitative estimate of drug-likeness (QED) is 0.746. The molecule has 3 N–H and O–H groups in total. The fourth-order valence-corrected chi connectivity index (χ4v) is 1.74. The van der Waals surface area contributed by atoms with Crippen LogP contribution in [0.1, 0.15) is 41.0 Å². The maximum atomic E-state index is 11.8. The minimum absolute atomic E-state index is 0.131. The molecule has 1 aromatic rings. The van der Waals surface area contributed by atoms with E-state index in [1.165, 1.54) is 0 Å². The van der Waals surface area contributed by atoms with Crippen molar-refractivity contribution < 1.29 is 14.6 Å². The number of nitrogens with one attached hydrogen (secondary N) is 2. The zero-order valence-corrected chi connectivity index (χ0v) is 14.2. The molecule has 5 nitrogen and oxygen atoms in total. The van der Waals surface area contributed by atoms with Crippen molar-refractivity contribution in [1.29, 1.82) is 0 Å². The van der Waals surface area contributed by atoms with Crippen LogP contribution < -0.4 is 10.6 Å². The Morgan fingerprint density at radius 3 is 2.41 bits per heavy atom. The SMILES string of the molecule is CCC(C)(CO)CNc1cccc(NC(=O)OC(C)(C)C)c1. The fourth-order valence-electron chi connectivity index (χ4n) is 1.74. The summed E-state index contributed by atoms with van der Waals surface area (Å²) in [5, 5.41) is 15.4. The molecule has 0 heterocycles. The van der Waals surface area contributed by atoms with Crippen LogP contribution in [0.15, 0.2) is 24.3 Å². The van der Waals surface area contributed by atoms with Crippen LogP contribution in [0.2, 0.25) is 0 Å². The topological polar surface area (TPSA) is 70.6 Å². The summed E-state index contributed by atoms with van der Waals surface area (Å²) in [6.07, 6.45) is 0.408. The van der Waals surface area contributed by atoms with Gasteiger partial charge in [-0.05, 0) is 45.4 Å². The lowest BCUT2D eigenvalue weighted by Crippen LogP contribution is -2.29. The molecule has 0 saturated heterocycles. The summed E-state index contributed by atoms with van der Waals surface area (Å²) in [6.45, 7) is 10.4. The van der Waals surface area contributed by atoms with Gasteiger partial charge in [-0.15, -0.1) is 0 Å². The molecule has 0 aliphatic carbocycles. The Balaban J connectivity index is 2.64. The minimum Gasteiger partial charge on any atom is -0.444 e. The Hall–Kier alpha value is -1.75. The minimum atomic E-state index is -0.524. The van der Waals surface area contributed by atoms with E-state index in [1.807, 2.05) is 45.9 Å². The van der Waals surface area contributed by atoms with E-state index in [0.717, 1.165) is 12.1 Å². The number of hydrogen-bond acceptors (Lipinski definition) is 4. The average molecular weight is 308 g/mol. The Morgan fingerprint density at radius 2 is 1.86 bits per heavy atom. The van der Waals surface area contributed by atoms with E-state index in [2.05, 4.69) is 17.6 Å². The summed E-state index contributed by atoms with van der Waals surface area (Å²) in [5.74, 6) is 0. The molecule has 1 atom stereocenters. The predicted octanol–water partition coefficient (Wildman–Crippen LogP) is 3.85. The molecule has 5 heteroatoms. The number of anilines is 2. The summed E-state index contributed by atoms with van der Waals surface area (Å²) in [7, 11) is 0. The van der Waals surface area contributed by atoms with Gasteiger partial charge in [0.05, 0.1) is 6.61 Å². The van der Waals surface area contributed by atoms with Crippen LogP contribution in [0.3, 0.4) is 0 Å².